The second kappa shape index (κ2) is 9.67. The number of benzene rings is 1. The molecule has 1 N–H and O–H groups in total. The molecular weight excluding hydrogens is 262 g/mol. The van der Waals surface area contributed by atoms with E-state index in [0.29, 0.717) is 11.8 Å². The fraction of sp³-hybridized carbons (Fsp3) is 0.667. The molecule has 0 aliphatic rings. The topological polar surface area (TPSA) is 30.5 Å². The summed E-state index contributed by atoms with van der Waals surface area (Å²) in [7, 11) is 0. The second-order valence-corrected chi connectivity index (χ2v) is 6.35. The lowest BCUT2D eigenvalue weighted by molar-refractivity contribution is 0.264. The molecule has 0 radical (unpaired) electrons. The minimum atomic E-state index is 0.515. The lowest BCUT2D eigenvalue weighted by Gasteiger charge is -2.16. The highest BCUT2D eigenvalue weighted by molar-refractivity contribution is 5.40. The van der Waals surface area contributed by atoms with Crippen LogP contribution in [0.5, 0.6) is 11.5 Å². The van der Waals surface area contributed by atoms with E-state index in [2.05, 4.69) is 46.0 Å². The Kier molecular flexibility index (Phi) is 8.21. The van der Waals surface area contributed by atoms with Crippen LogP contribution in [-0.2, 0) is 6.54 Å². The molecule has 1 aromatic carbocycles. The Balaban J connectivity index is 2.73. The number of rotatable bonds is 10. The number of ether oxygens (including phenoxy) is 2. The molecule has 0 heterocycles. The number of hydrogen-bond acceptors (Lipinski definition) is 3. The van der Waals surface area contributed by atoms with Crippen LogP contribution in [0.25, 0.3) is 0 Å². The van der Waals surface area contributed by atoms with Gasteiger partial charge in [-0.2, -0.15) is 0 Å². The zero-order valence-corrected chi connectivity index (χ0v) is 14.2. The predicted octanol–water partition coefficient (Wildman–Crippen LogP) is 4.26. The molecule has 0 atom stereocenters. The second-order valence-electron chi connectivity index (χ2n) is 6.35. The molecule has 1 rings (SSSR count). The molecule has 3 heteroatoms. The van der Waals surface area contributed by atoms with E-state index in [1.165, 1.54) is 5.56 Å². The first kappa shape index (κ1) is 17.8. The van der Waals surface area contributed by atoms with Gasteiger partial charge in [0.1, 0.15) is 11.5 Å². The maximum Gasteiger partial charge on any atom is 0.127 e. The van der Waals surface area contributed by atoms with Crippen LogP contribution < -0.4 is 14.8 Å². The van der Waals surface area contributed by atoms with Crippen molar-refractivity contribution in [2.75, 3.05) is 19.8 Å². The zero-order valence-electron chi connectivity index (χ0n) is 14.2. The van der Waals surface area contributed by atoms with Gasteiger partial charge >= 0.3 is 0 Å². The first-order chi connectivity index (χ1) is 10.0. The van der Waals surface area contributed by atoms with E-state index < -0.39 is 0 Å². The van der Waals surface area contributed by atoms with E-state index in [1.54, 1.807) is 0 Å². The third kappa shape index (κ3) is 7.37. The molecule has 0 bridgehead atoms. The van der Waals surface area contributed by atoms with Gasteiger partial charge in [0.2, 0.25) is 0 Å². The van der Waals surface area contributed by atoms with Gasteiger partial charge in [0.15, 0.2) is 0 Å². The number of nitrogens with one attached hydrogen (secondary N) is 1. The third-order valence-electron chi connectivity index (χ3n) is 2.95. The summed E-state index contributed by atoms with van der Waals surface area (Å²) in [6, 6.07) is 6.16. The fourth-order valence-corrected chi connectivity index (χ4v) is 1.88. The standard InChI is InChI=1S/C18H31NO2/c1-6-9-20-17-8-7-16(12-19-11-14(2)3)18(10-17)21-13-15(4)5/h7-8,10,14-15,19H,6,9,11-13H2,1-5H3. The monoisotopic (exact) mass is 293 g/mol. The third-order valence-corrected chi connectivity index (χ3v) is 2.95. The van der Waals surface area contributed by atoms with Crippen molar-refractivity contribution in [3.63, 3.8) is 0 Å². The molecule has 3 nitrogen and oxygen atoms in total. The maximum absolute atomic E-state index is 5.96. The van der Waals surface area contributed by atoms with Crippen LogP contribution in [0.15, 0.2) is 18.2 Å². The van der Waals surface area contributed by atoms with Gasteiger partial charge in [0.25, 0.3) is 0 Å². The Morgan fingerprint density at radius 3 is 2.43 bits per heavy atom. The van der Waals surface area contributed by atoms with Crippen LogP contribution in [0.2, 0.25) is 0 Å². The summed E-state index contributed by atoms with van der Waals surface area (Å²) < 4.78 is 11.7. The lowest BCUT2D eigenvalue weighted by atomic mass is 10.1. The fourth-order valence-electron chi connectivity index (χ4n) is 1.88. The van der Waals surface area contributed by atoms with Gasteiger partial charge in [-0.1, -0.05) is 40.7 Å². The van der Waals surface area contributed by atoms with Crippen molar-refractivity contribution in [1.29, 1.82) is 0 Å². The van der Waals surface area contributed by atoms with Gasteiger partial charge in [-0.05, 0) is 30.9 Å². The highest BCUT2D eigenvalue weighted by atomic mass is 16.5. The predicted molar refractivity (Wildman–Crippen MR) is 89.1 cm³/mol. The van der Waals surface area contributed by atoms with Crippen LogP contribution in [0.3, 0.4) is 0 Å². The van der Waals surface area contributed by atoms with Gasteiger partial charge in [-0.3, -0.25) is 0 Å². The average molecular weight is 293 g/mol. The van der Waals surface area contributed by atoms with Crippen LogP contribution in [0.4, 0.5) is 0 Å². The molecule has 0 spiro atoms. The first-order valence-corrected chi connectivity index (χ1v) is 8.12. The molecule has 21 heavy (non-hydrogen) atoms. The smallest absolute Gasteiger partial charge is 0.127 e. The average Bonchev–Trinajstić information content (AvgIpc) is 2.43. The minimum Gasteiger partial charge on any atom is -0.493 e. The summed E-state index contributed by atoms with van der Waals surface area (Å²) >= 11 is 0. The van der Waals surface area contributed by atoms with E-state index in [1.807, 2.05) is 12.1 Å². The molecular formula is C18H31NO2. The summed E-state index contributed by atoms with van der Waals surface area (Å²) in [6.45, 7) is 14.2. The van der Waals surface area contributed by atoms with Crippen LogP contribution in [-0.4, -0.2) is 19.8 Å². The van der Waals surface area contributed by atoms with Crippen molar-refractivity contribution in [1.82, 2.24) is 5.32 Å². The van der Waals surface area contributed by atoms with Crippen molar-refractivity contribution < 1.29 is 9.47 Å². The molecule has 0 aliphatic heterocycles. The summed E-state index contributed by atoms with van der Waals surface area (Å²) in [5.74, 6) is 3.00. The summed E-state index contributed by atoms with van der Waals surface area (Å²) in [4.78, 5) is 0. The molecule has 0 saturated carbocycles. The molecule has 0 saturated heterocycles. The molecule has 0 aliphatic carbocycles. The Morgan fingerprint density at radius 2 is 1.81 bits per heavy atom. The summed E-state index contributed by atoms with van der Waals surface area (Å²) in [5.41, 5.74) is 1.19. The SMILES string of the molecule is CCCOc1ccc(CNCC(C)C)c(OCC(C)C)c1. The van der Waals surface area contributed by atoms with Crippen LogP contribution >= 0.6 is 0 Å². The zero-order chi connectivity index (χ0) is 15.7. The van der Waals surface area contributed by atoms with Gasteiger partial charge in [-0.25, -0.2) is 0 Å². The molecule has 0 amide bonds. The van der Waals surface area contributed by atoms with Gasteiger partial charge in [0.05, 0.1) is 13.2 Å². The minimum absolute atomic E-state index is 0.515. The van der Waals surface area contributed by atoms with Crippen molar-refractivity contribution in [2.45, 2.75) is 47.6 Å². The molecule has 0 aromatic heterocycles. The van der Waals surface area contributed by atoms with Gasteiger partial charge in [-0.15, -0.1) is 0 Å². The van der Waals surface area contributed by atoms with Crippen molar-refractivity contribution in [3.05, 3.63) is 23.8 Å². The van der Waals surface area contributed by atoms with E-state index in [9.17, 15) is 0 Å². The van der Waals surface area contributed by atoms with E-state index >= 15 is 0 Å². The Morgan fingerprint density at radius 1 is 1.05 bits per heavy atom. The quantitative estimate of drug-likeness (QED) is 0.699. The molecule has 120 valence electrons. The van der Waals surface area contributed by atoms with E-state index in [-0.39, 0.29) is 0 Å². The van der Waals surface area contributed by atoms with Crippen molar-refractivity contribution in [2.24, 2.45) is 11.8 Å². The normalized spacial score (nSPS) is 11.2. The van der Waals surface area contributed by atoms with E-state index in [0.717, 1.165) is 44.2 Å². The van der Waals surface area contributed by atoms with Crippen LogP contribution in [0, 0.1) is 11.8 Å². The highest BCUT2D eigenvalue weighted by Gasteiger charge is 2.08. The highest BCUT2D eigenvalue weighted by Crippen LogP contribution is 2.25. The van der Waals surface area contributed by atoms with Crippen LogP contribution in [0.1, 0.15) is 46.6 Å². The van der Waals surface area contributed by atoms with Crippen molar-refractivity contribution >= 4 is 0 Å². The van der Waals surface area contributed by atoms with Crippen molar-refractivity contribution in [3.8, 4) is 11.5 Å². The number of hydrogen-bond donors (Lipinski definition) is 1. The van der Waals surface area contributed by atoms with E-state index in [4.69, 9.17) is 9.47 Å². The first-order valence-electron chi connectivity index (χ1n) is 8.12. The lowest BCUT2D eigenvalue weighted by Crippen LogP contribution is -2.19. The summed E-state index contributed by atoms with van der Waals surface area (Å²) in [5, 5.41) is 3.47. The Labute approximate surface area is 130 Å². The summed E-state index contributed by atoms with van der Waals surface area (Å²) in [6.07, 6.45) is 1.01. The molecule has 0 unspecified atom stereocenters. The Bertz CT molecular complexity index is 402. The molecule has 0 fully saturated rings. The van der Waals surface area contributed by atoms with Gasteiger partial charge < -0.3 is 14.8 Å². The van der Waals surface area contributed by atoms with Gasteiger partial charge in [0, 0.05) is 18.2 Å². The largest absolute Gasteiger partial charge is 0.493 e. The Hall–Kier alpha value is -1.22. The maximum atomic E-state index is 5.96. The molecule has 1 aromatic rings.